The van der Waals surface area contributed by atoms with Crippen LogP contribution in [0.1, 0.15) is 26.3 Å². The normalized spacial score (nSPS) is 11.4. The summed E-state index contributed by atoms with van der Waals surface area (Å²) in [5.41, 5.74) is 1.24. The Balaban J connectivity index is 2.16. The van der Waals surface area contributed by atoms with E-state index < -0.39 is 0 Å². The van der Waals surface area contributed by atoms with E-state index in [-0.39, 0.29) is 10.7 Å². The second-order valence-electron chi connectivity index (χ2n) is 5.41. The first-order chi connectivity index (χ1) is 8.87. The van der Waals surface area contributed by atoms with Crippen molar-refractivity contribution in [3.63, 3.8) is 0 Å². The molecule has 4 heteroatoms. The minimum absolute atomic E-state index is 0.111. The number of carbonyl (C=O) groups excluding carboxylic acids is 1. The van der Waals surface area contributed by atoms with Crippen molar-refractivity contribution in [1.29, 1.82) is 0 Å². The molecule has 0 saturated heterocycles. The third kappa shape index (κ3) is 8.22. The Morgan fingerprint density at radius 3 is 2.42 bits per heavy atom. The standard InChI is InChI=1S/C15H23NOS2/c1-12-5-7-13(8-6-12)18-11-14(17)16-9-10-19-15(2,3)4/h5-8H,9-11H2,1-4H3,(H,16,17). The number of thioether (sulfide) groups is 2. The van der Waals surface area contributed by atoms with Crippen LogP contribution in [0.5, 0.6) is 0 Å². The lowest BCUT2D eigenvalue weighted by Crippen LogP contribution is -2.28. The quantitative estimate of drug-likeness (QED) is 0.641. The lowest BCUT2D eigenvalue weighted by molar-refractivity contribution is -0.118. The second kappa shape index (κ2) is 7.85. The molecule has 0 radical (unpaired) electrons. The zero-order chi connectivity index (χ0) is 14.3. The maximum atomic E-state index is 11.7. The lowest BCUT2D eigenvalue weighted by Gasteiger charge is -2.17. The Kier molecular flexibility index (Phi) is 6.80. The van der Waals surface area contributed by atoms with Crippen LogP contribution >= 0.6 is 23.5 Å². The Morgan fingerprint density at radius 2 is 1.84 bits per heavy atom. The average molecular weight is 297 g/mol. The number of amides is 1. The highest BCUT2D eigenvalue weighted by atomic mass is 32.2. The number of rotatable bonds is 6. The molecule has 19 heavy (non-hydrogen) atoms. The third-order valence-corrected chi connectivity index (χ3v) is 4.64. The Morgan fingerprint density at radius 1 is 1.21 bits per heavy atom. The van der Waals surface area contributed by atoms with E-state index in [1.54, 1.807) is 11.8 Å². The van der Waals surface area contributed by atoms with Crippen molar-refractivity contribution in [2.45, 2.75) is 37.3 Å². The maximum Gasteiger partial charge on any atom is 0.230 e. The molecular formula is C15H23NOS2. The molecule has 1 rings (SSSR count). The molecule has 106 valence electrons. The zero-order valence-electron chi connectivity index (χ0n) is 12.2. The maximum absolute atomic E-state index is 11.7. The predicted molar refractivity (Wildman–Crippen MR) is 87.1 cm³/mol. The summed E-state index contributed by atoms with van der Waals surface area (Å²) in [5, 5.41) is 2.96. The summed E-state index contributed by atoms with van der Waals surface area (Å²) in [6.45, 7) is 9.37. The van der Waals surface area contributed by atoms with Gasteiger partial charge in [-0.1, -0.05) is 38.5 Å². The molecule has 0 atom stereocenters. The van der Waals surface area contributed by atoms with Crippen molar-refractivity contribution in [3.05, 3.63) is 29.8 Å². The Labute approximate surface area is 125 Å². The molecule has 0 bridgehead atoms. The molecule has 0 fully saturated rings. The number of benzene rings is 1. The molecule has 0 aliphatic rings. The molecule has 1 amide bonds. The van der Waals surface area contributed by atoms with Crippen LogP contribution in [-0.4, -0.2) is 28.7 Å². The number of aryl methyl sites for hydroxylation is 1. The van der Waals surface area contributed by atoms with Crippen LogP contribution in [0.25, 0.3) is 0 Å². The summed E-state index contributed by atoms with van der Waals surface area (Å²) in [5.74, 6) is 1.56. The SMILES string of the molecule is Cc1ccc(SCC(=O)NCCSC(C)(C)C)cc1. The van der Waals surface area contributed by atoms with Crippen molar-refractivity contribution >= 4 is 29.4 Å². The molecule has 0 aliphatic heterocycles. The van der Waals surface area contributed by atoms with Gasteiger partial charge in [-0.2, -0.15) is 11.8 Å². The largest absolute Gasteiger partial charge is 0.355 e. The summed E-state index contributed by atoms with van der Waals surface area (Å²) < 4.78 is 0.265. The van der Waals surface area contributed by atoms with E-state index in [2.05, 4.69) is 57.3 Å². The number of carbonyl (C=O) groups is 1. The molecule has 1 N–H and O–H groups in total. The molecule has 0 aromatic heterocycles. The van der Waals surface area contributed by atoms with Gasteiger partial charge in [-0.15, -0.1) is 11.8 Å². The Bertz CT molecular complexity index is 396. The van der Waals surface area contributed by atoms with E-state index >= 15 is 0 Å². The van der Waals surface area contributed by atoms with Gasteiger partial charge in [-0.3, -0.25) is 4.79 Å². The van der Waals surface area contributed by atoms with Gasteiger partial charge in [-0.25, -0.2) is 0 Å². The molecule has 0 spiro atoms. The van der Waals surface area contributed by atoms with Gasteiger partial charge < -0.3 is 5.32 Å². The van der Waals surface area contributed by atoms with Crippen LogP contribution in [0.4, 0.5) is 0 Å². The minimum atomic E-state index is 0.111. The van der Waals surface area contributed by atoms with Crippen LogP contribution in [0.3, 0.4) is 0 Å². The number of hydrogen-bond donors (Lipinski definition) is 1. The molecule has 0 heterocycles. The van der Waals surface area contributed by atoms with E-state index in [0.717, 1.165) is 17.2 Å². The Hall–Kier alpha value is -0.610. The van der Waals surface area contributed by atoms with E-state index in [1.807, 2.05) is 11.8 Å². The molecule has 0 saturated carbocycles. The van der Waals surface area contributed by atoms with E-state index in [1.165, 1.54) is 5.56 Å². The summed E-state index contributed by atoms with van der Waals surface area (Å²) >= 11 is 3.45. The first kappa shape index (κ1) is 16.4. The van der Waals surface area contributed by atoms with Crippen LogP contribution < -0.4 is 5.32 Å². The van der Waals surface area contributed by atoms with Gasteiger partial charge in [0.2, 0.25) is 5.91 Å². The van der Waals surface area contributed by atoms with Gasteiger partial charge in [0.1, 0.15) is 0 Å². The van der Waals surface area contributed by atoms with Crippen LogP contribution in [0.2, 0.25) is 0 Å². The van der Waals surface area contributed by atoms with Crippen LogP contribution in [0.15, 0.2) is 29.2 Å². The summed E-state index contributed by atoms with van der Waals surface area (Å²) in [6, 6.07) is 8.26. The van der Waals surface area contributed by atoms with Gasteiger partial charge in [0.25, 0.3) is 0 Å². The van der Waals surface area contributed by atoms with Crippen molar-refractivity contribution in [3.8, 4) is 0 Å². The predicted octanol–water partition coefficient (Wildman–Crippen LogP) is 3.74. The topological polar surface area (TPSA) is 29.1 Å². The highest BCUT2D eigenvalue weighted by molar-refractivity contribution is 8.00. The van der Waals surface area contributed by atoms with Crippen molar-refractivity contribution < 1.29 is 4.79 Å². The zero-order valence-corrected chi connectivity index (χ0v) is 13.8. The van der Waals surface area contributed by atoms with Crippen molar-refractivity contribution in [2.24, 2.45) is 0 Å². The van der Waals surface area contributed by atoms with E-state index in [0.29, 0.717) is 5.75 Å². The number of nitrogens with one attached hydrogen (secondary N) is 1. The van der Waals surface area contributed by atoms with Crippen molar-refractivity contribution in [2.75, 3.05) is 18.1 Å². The molecule has 2 nitrogen and oxygen atoms in total. The fourth-order valence-electron chi connectivity index (χ4n) is 1.38. The van der Waals surface area contributed by atoms with Gasteiger partial charge in [0, 0.05) is 21.9 Å². The number of hydrogen-bond acceptors (Lipinski definition) is 3. The van der Waals surface area contributed by atoms with Gasteiger partial charge in [-0.05, 0) is 19.1 Å². The van der Waals surface area contributed by atoms with Crippen molar-refractivity contribution in [1.82, 2.24) is 5.32 Å². The lowest BCUT2D eigenvalue weighted by atomic mass is 10.2. The van der Waals surface area contributed by atoms with E-state index in [4.69, 9.17) is 0 Å². The first-order valence-corrected chi connectivity index (χ1v) is 8.44. The first-order valence-electron chi connectivity index (χ1n) is 6.47. The molecule has 1 aromatic rings. The van der Waals surface area contributed by atoms with Crippen LogP contribution in [-0.2, 0) is 4.79 Å². The van der Waals surface area contributed by atoms with Gasteiger partial charge in [0.05, 0.1) is 5.75 Å². The summed E-state index contributed by atoms with van der Waals surface area (Å²) in [6.07, 6.45) is 0. The molecule has 0 unspecified atom stereocenters. The second-order valence-corrected chi connectivity index (χ2v) is 8.38. The minimum Gasteiger partial charge on any atom is -0.355 e. The monoisotopic (exact) mass is 297 g/mol. The molecule has 0 aliphatic carbocycles. The molecular weight excluding hydrogens is 274 g/mol. The third-order valence-electron chi connectivity index (χ3n) is 2.35. The van der Waals surface area contributed by atoms with Gasteiger partial charge in [0.15, 0.2) is 0 Å². The summed E-state index contributed by atoms with van der Waals surface area (Å²) in [7, 11) is 0. The average Bonchev–Trinajstić information content (AvgIpc) is 2.33. The fourth-order valence-corrected chi connectivity index (χ4v) is 2.93. The summed E-state index contributed by atoms with van der Waals surface area (Å²) in [4.78, 5) is 12.8. The molecule has 1 aromatic carbocycles. The van der Waals surface area contributed by atoms with Gasteiger partial charge >= 0.3 is 0 Å². The smallest absolute Gasteiger partial charge is 0.230 e. The highest BCUT2D eigenvalue weighted by Gasteiger charge is 2.10. The fraction of sp³-hybridized carbons (Fsp3) is 0.533. The van der Waals surface area contributed by atoms with Crippen LogP contribution in [0, 0.1) is 6.92 Å². The highest BCUT2D eigenvalue weighted by Crippen LogP contribution is 2.22. The van der Waals surface area contributed by atoms with E-state index in [9.17, 15) is 4.79 Å².